The molecule has 1 fully saturated rings. The lowest BCUT2D eigenvalue weighted by Crippen LogP contribution is -2.42. The van der Waals surface area contributed by atoms with Crippen LogP contribution in [-0.4, -0.2) is 35.4 Å². The molecule has 1 saturated heterocycles. The number of piperidine rings is 1. The smallest absolute Gasteiger partial charge is 0.168 e. The quantitative estimate of drug-likeness (QED) is 0.591. The maximum Gasteiger partial charge on any atom is 0.168 e. The van der Waals surface area contributed by atoms with Gasteiger partial charge >= 0.3 is 0 Å². The Morgan fingerprint density at radius 1 is 1.25 bits per heavy atom. The van der Waals surface area contributed by atoms with Gasteiger partial charge in [-0.1, -0.05) is 0 Å². The Hall–Kier alpha value is -0.640. The topological polar surface area (TPSA) is 32.3 Å². The zero-order valence-corrected chi connectivity index (χ0v) is 10.9. The fourth-order valence-corrected chi connectivity index (χ4v) is 2.19. The number of carbonyl (C=O) groups is 1. The van der Waals surface area contributed by atoms with Crippen molar-refractivity contribution in [2.45, 2.75) is 45.4 Å². The van der Waals surface area contributed by atoms with Gasteiger partial charge in [0.2, 0.25) is 0 Å². The number of nitrogens with one attached hydrogen (secondary N) is 1. The number of nitrogens with zero attached hydrogens (tertiary/aromatic N) is 1. The van der Waals surface area contributed by atoms with Crippen molar-refractivity contribution in [2.75, 3.05) is 19.6 Å². The van der Waals surface area contributed by atoms with Crippen LogP contribution in [0, 0.1) is 0 Å². The van der Waals surface area contributed by atoms with Crippen molar-refractivity contribution in [3.05, 3.63) is 0 Å². The Bertz CT molecular complexity index is 237. The Kier molecular flexibility index (Phi) is 6.38. The van der Waals surface area contributed by atoms with Crippen LogP contribution in [0.25, 0.3) is 0 Å². The number of carbonyl (C=O) groups excluding carboxylic acids is 1. The van der Waals surface area contributed by atoms with E-state index in [1.807, 2.05) is 0 Å². The highest BCUT2D eigenvalue weighted by molar-refractivity contribution is 7.80. The molecular weight excluding hydrogens is 220 g/mol. The van der Waals surface area contributed by atoms with Crippen molar-refractivity contribution in [2.24, 2.45) is 0 Å². The minimum absolute atomic E-state index is 0.276. The van der Waals surface area contributed by atoms with Crippen molar-refractivity contribution < 1.29 is 4.79 Å². The van der Waals surface area contributed by atoms with E-state index in [9.17, 15) is 4.79 Å². The summed E-state index contributed by atoms with van der Waals surface area (Å²) in [7, 11) is 0. The average Bonchev–Trinajstić information content (AvgIpc) is 2.29. The molecule has 1 heterocycles. The molecule has 0 atom stereocenters. The molecule has 1 rings (SSSR count). The number of hydrogen-bond acceptors (Lipinski definition) is 2. The summed E-state index contributed by atoms with van der Waals surface area (Å²) in [6, 6.07) is 0. The Labute approximate surface area is 104 Å². The van der Waals surface area contributed by atoms with Gasteiger partial charge in [0.05, 0.1) is 0 Å². The summed E-state index contributed by atoms with van der Waals surface area (Å²) in [4.78, 5) is 13.0. The highest BCUT2D eigenvalue weighted by Gasteiger charge is 2.12. The molecule has 0 aromatic carbocycles. The fourth-order valence-electron chi connectivity index (χ4n) is 1.90. The summed E-state index contributed by atoms with van der Waals surface area (Å²) in [5.41, 5.74) is 0. The van der Waals surface area contributed by atoms with Crippen molar-refractivity contribution in [1.82, 2.24) is 10.2 Å². The van der Waals surface area contributed by atoms with E-state index in [0.29, 0.717) is 6.42 Å². The van der Waals surface area contributed by atoms with Gasteiger partial charge in [0.15, 0.2) is 5.11 Å². The lowest BCUT2D eigenvalue weighted by atomic mass is 10.1. The van der Waals surface area contributed by atoms with Crippen LogP contribution in [0.1, 0.15) is 45.4 Å². The molecule has 0 amide bonds. The molecule has 4 heteroatoms. The third kappa shape index (κ3) is 5.45. The maximum absolute atomic E-state index is 10.7. The predicted octanol–water partition coefficient (Wildman–Crippen LogP) is 2.11. The van der Waals surface area contributed by atoms with Crippen molar-refractivity contribution in [3.63, 3.8) is 0 Å². The summed E-state index contributed by atoms with van der Waals surface area (Å²) in [5.74, 6) is 0.276. The zero-order valence-electron chi connectivity index (χ0n) is 10.1. The third-order valence-electron chi connectivity index (χ3n) is 2.88. The van der Waals surface area contributed by atoms with Crippen LogP contribution in [0.2, 0.25) is 0 Å². The second-order valence-electron chi connectivity index (χ2n) is 4.44. The van der Waals surface area contributed by atoms with E-state index in [1.165, 1.54) is 19.3 Å². The second-order valence-corrected chi connectivity index (χ2v) is 4.83. The van der Waals surface area contributed by atoms with E-state index in [1.54, 1.807) is 6.92 Å². The first-order chi connectivity index (χ1) is 7.70. The van der Waals surface area contributed by atoms with Crippen LogP contribution in [0.5, 0.6) is 0 Å². The molecule has 0 aromatic rings. The molecule has 0 unspecified atom stereocenters. The molecule has 0 saturated carbocycles. The average molecular weight is 242 g/mol. The molecule has 0 aromatic heterocycles. The first-order valence-corrected chi connectivity index (χ1v) is 6.63. The van der Waals surface area contributed by atoms with Crippen LogP contribution in [-0.2, 0) is 4.79 Å². The number of thiocarbonyl (C=S) groups is 1. The molecule has 0 spiro atoms. The highest BCUT2D eigenvalue weighted by Crippen LogP contribution is 2.08. The van der Waals surface area contributed by atoms with E-state index in [0.717, 1.165) is 37.6 Å². The number of ketones is 1. The molecule has 0 bridgehead atoms. The largest absolute Gasteiger partial charge is 0.363 e. The second kappa shape index (κ2) is 7.60. The first kappa shape index (κ1) is 13.4. The molecule has 92 valence electrons. The van der Waals surface area contributed by atoms with Crippen LogP contribution in [0.4, 0.5) is 0 Å². The lowest BCUT2D eigenvalue weighted by molar-refractivity contribution is -0.117. The van der Waals surface area contributed by atoms with E-state index in [4.69, 9.17) is 12.2 Å². The van der Waals surface area contributed by atoms with Crippen molar-refractivity contribution in [1.29, 1.82) is 0 Å². The summed E-state index contributed by atoms with van der Waals surface area (Å²) in [6.45, 7) is 4.73. The molecule has 1 aliphatic rings. The van der Waals surface area contributed by atoms with E-state index in [-0.39, 0.29) is 5.78 Å². The number of unbranched alkanes of at least 4 members (excludes halogenated alkanes) is 1. The van der Waals surface area contributed by atoms with Gasteiger partial charge in [-0.3, -0.25) is 0 Å². The number of hydrogen-bond donors (Lipinski definition) is 1. The normalized spacial score (nSPS) is 15.9. The van der Waals surface area contributed by atoms with E-state index in [2.05, 4.69) is 10.2 Å². The summed E-state index contributed by atoms with van der Waals surface area (Å²) < 4.78 is 0. The molecular formula is C12H22N2OS. The number of Topliss-reactive ketones (excluding diaryl/α,β-unsaturated/α-hetero) is 1. The third-order valence-corrected chi connectivity index (χ3v) is 3.28. The molecule has 1 N–H and O–H groups in total. The van der Waals surface area contributed by atoms with Crippen LogP contribution in [0.15, 0.2) is 0 Å². The standard InChI is InChI=1S/C12H22N2OS/c1-11(15)7-3-4-8-13-12(16)14-9-5-2-6-10-14/h2-10H2,1H3,(H,13,16). The molecule has 3 nitrogen and oxygen atoms in total. The Morgan fingerprint density at radius 3 is 2.56 bits per heavy atom. The molecule has 0 aliphatic carbocycles. The SMILES string of the molecule is CC(=O)CCCCNC(=S)N1CCCCC1. The summed E-state index contributed by atoms with van der Waals surface area (Å²) in [5, 5.41) is 4.16. The summed E-state index contributed by atoms with van der Waals surface area (Å²) in [6.07, 6.45) is 6.52. The van der Waals surface area contributed by atoms with Crippen molar-refractivity contribution in [3.8, 4) is 0 Å². The fraction of sp³-hybridized carbons (Fsp3) is 0.833. The van der Waals surface area contributed by atoms with Gasteiger partial charge in [0, 0.05) is 26.1 Å². The van der Waals surface area contributed by atoms with E-state index >= 15 is 0 Å². The first-order valence-electron chi connectivity index (χ1n) is 6.22. The Balaban J connectivity index is 2.03. The minimum Gasteiger partial charge on any atom is -0.363 e. The minimum atomic E-state index is 0.276. The van der Waals surface area contributed by atoms with Crippen LogP contribution < -0.4 is 5.32 Å². The molecule has 16 heavy (non-hydrogen) atoms. The Morgan fingerprint density at radius 2 is 1.94 bits per heavy atom. The van der Waals surface area contributed by atoms with Gasteiger partial charge in [-0.2, -0.15) is 0 Å². The van der Waals surface area contributed by atoms with Crippen LogP contribution >= 0.6 is 12.2 Å². The predicted molar refractivity (Wildman–Crippen MR) is 70.6 cm³/mol. The van der Waals surface area contributed by atoms with Gasteiger partial charge in [-0.15, -0.1) is 0 Å². The maximum atomic E-state index is 10.7. The lowest BCUT2D eigenvalue weighted by Gasteiger charge is -2.29. The van der Waals surface area contributed by atoms with Gasteiger partial charge in [-0.25, -0.2) is 0 Å². The monoisotopic (exact) mass is 242 g/mol. The van der Waals surface area contributed by atoms with Gasteiger partial charge in [-0.05, 0) is 51.2 Å². The molecule has 0 radical (unpaired) electrons. The van der Waals surface area contributed by atoms with Crippen LogP contribution in [0.3, 0.4) is 0 Å². The van der Waals surface area contributed by atoms with Crippen molar-refractivity contribution >= 4 is 23.1 Å². The molecule has 1 aliphatic heterocycles. The van der Waals surface area contributed by atoms with Gasteiger partial charge in [0.1, 0.15) is 5.78 Å². The zero-order chi connectivity index (χ0) is 11.8. The van der Waals surface area contributed by atoms with E-state index < -0.39 is 0 Å². The summed E-state index contributed by atoms with van der Waals surface area (Å²) >= 11 is 5.32. The van der Waals surface area contributed by atoms with Gasteiger partial charge < -0.3 is 15.0 Å². The number of rotatable bonds is 5. The highest BCUT2D eigenvalue weighted by atomic mass is 32.1. The number of likely N-dealkylation sites (tertiary alicyclic amines) is 1. The van der Waals surface area contributed by atoms with Gasteiger partial charge in [0.25, 0.3) is 0 Å².